The van der Waals surface area contributed by atoms with Gasteiger partial charge in [0.2, 0.25) is 10.0 Å². The van der Waals surface area contributed by atoms with Crippen LogP contribution >= 0.6 is 11.6 Å². The third kappa shape index (κ3) is 5.88. The minimum atomic E-state index is -3.84. The van der Waals surface area contributed by atoms with Gasteiger partial charge in [-0.25, -0.2) is 17.9 Å². The number of halogens is 2. The van der Waals surface area contributed by atoms with Crippen molar-refractivity contribution in [3.8, 4) is 5.75 Å². The molecule has 3 aromatic rings. The summed E-state index contributed by atoms with van der Waals surface area (Å²) in [6.45, 7) is -0.469. The zero-order valence-electron chi connectivity index (χ0n) is 15.8. The predicted molar refractivity (Wildman–Crippen MR) is 113 cm³/mol. The van der Waals surface area contributed by atoms with Gasteiger partial charge in [-0.1, -0.05) is 11.6 Å². The number of rotatable bonds is 7. The lowest BCUT2D eigenvalue weighted by Gasteiger charge is -2.12. The number of amides is 1. The molecule has 0 unspecified atom stereocenters. The Morgan fingerprint density at radius 3 is 2.26 bits per heavy atom. The van der Waals surface area contributed by atoms with Gasteiger partial charge in [-0.3, -0.25) is 9.59 Å². The fourth-order valence-electron chi connectivity index (χ4n) is 2.63. The topological polar surface area (TPSA) is 116 Å². The van der Waals surface area contributed by atoms with Crippen LogP contribution in [0, 0.1) is 5.82 Å². The molecule has 0 bridgehead atoms. The summed E-state index contributed by atoms with van der Waals surface area (Å²) < 4.78 is 41.7. The minimum absolute atomic E-state index is 0.0288. The van der Waals surface area contributed by atoms with Crippen LogP contribution in [0.3, 0.4) is 0 Å². The van der Waals surface area contributed by atoms with E-state index in [1.165, 1.54) is 54.6 Å². The Labute approximate surface area is 182 Å². The largest absolute Gasteiger partial charge is 0.483 e. The van der Waals surface area contributed by atoms with E-state index in [-0.39, 0.29) is 21.8 Å². The van der Waals surface area contributed by atoms with E-state index in [0.717, 1.165) is 12.1 Å². The van der Waals surface area contributed by atoms with Gasteiger partial charge >= 0.3 is 0 Å². The first kappa shape index (κ1) is 22.4. The van der Waals surface area contributed by atoms with Crippen molar-refractivity contribution in [2.75, 3.05) is 11.9 Å². The Kier molecular flexibility index (Phi) is 6.69. The van der Waals surface area contributed by atoms with Crippen molar-refractivity contribution in [1.82, 2.24) is 0 Å². The van der Waals surface area contributed by atoms with Crippen LogP contribution in [0.25, 0.3) is 0 Å². The number of nitrogens with one attached hydrogen (secondary N) is 1. The molecule has 10 heteroatoms. The Bertz CT molecular complexity index is 1230. The summed E-state index contributed by atoms with van der Waals surface area (Å²) >= 11 is 5.82. The van der Waals surface area contributed by atoms with Gasteiger partial charge in [-0.15, -0.1) is 0 Å². The Hall–Kier alpha value is -3.27. The Balaban J connectivity index is 1.71. The van der Waals surface area contributed by atoms with E-state index in [1.54, 1.807) is 0 Å². The molecule has 0 fully saturated rings. The fourth-order valence-corrected chi connectivity index (χ4v) is 3.27. The second-order valence-corrected chi connectivity index (χ2v) is 8.38. The molecule has 3 rings (SSSR count). The Morgan fingerprint density at radius 1 is 1.00 bits per heavy atom. The molecule has 0 aliphatic carbocycles. The van der Waals surface area contributed by atoms with Crippen molar-refractivity contribution in [3.05, 3.63) is 88.7 Å². The van der Waals surface area contributed by atoms with Crippen LogP contribution < -0.4 is 15.2 Å². The van der Waals surface area contributed by atoms with Crippen LogP contribution in [0.1, 0.15) is 15.9 Å². The zero-order valence-corrected chi connectivity index (χ0v) is 17.4. The third-order valence-electron chi connectivity index (χ3n) is 4.12. The fraction of sp³-hybridized carbons (Fsp3) is 0.0476. The molecule has 0 radical (unpaired) electrons. The molecule has 0 aliphatic heterocycles. The van der Waals surface area contributed by atoms with Crippen LogP contribution in [-0.2, 0) is 14.8 Å². The van der Waals surface area contributed by atoms with E-state index < -0.39 is 34.1 Å². The van der Waals surface area contributed by atoms with Gasteiger partial charge < -0.3 is 10.1 Å². The highest BCUT2D eigenvalue weighted by molar-refractivity contribution is 7.89. The smallest absolute Gasteiger partial charge is 0.262 e. The molecule has 0 spiro atoms. The lowest BCUT2D eigenvalue weighted by atomic mass is 10.0. The van der Waals surface area contributed by atoms with Crippen molar-refractivity contribution in [2.24, 2.45) is 5.14 Å². The van der Waals surface area contributed by atoms with Gasteiger partial charge in [0.05, 0.1) is 10.5 Å². The molecule has 3 N–H and O–H groups in total. The quantitative estimate of drug-likeness (QED) is 0.522. The monoisotopic (exact) mass is 462 g/mol. The minimum Gasteiger partial charge on any atom is -0.483 e. The van der Waals surface area contributed by atoms with Crippen LogP contribution in [0.15, 0.2) is 71.6 Å². The number of hydrogen-bond acceptors (Lipinski definition) is 5. The standard InChI is InChI=1S/C21H16ClFN2O5S/c22-14-3-1-13(2-4-14)21(27)18-11-15(23)5-10-19(18)30-12-20(26)25-16-6-8-17(9-7-16)31(24,28)29/h1-11H,12H2,(H,25,26)(H2,24,28,29). The van der Waals surface area contributed by atoms with Crippen molar-refractivity contribution in [3.63, 3.8) is 0 Å². The predicted octanol–water partition coefficient (Wildman–Crippen LogP) is 3.38. The third-order valence-corrected chi connectivity index (χ3v) is 5.30. The molecule has 160 valence electrons. The lowest BCUT2D eigenvalue weighted by molar-refractivity contribution is -0.118. The van der Waals surface area contributed by atoms with Crippen LogP contribution in [0.2, 0.25) is 5.02 Å². The number of primary sulfonamides is 1. The van der Waals surface area contributed by atoms with Crippen molar-refractivity contribution < 1.29 is 27.1 Å². The highest BCUT2D eigenvalue weighted by Crippen LogP contribution is 2.24. The molecule has 0 saturated carbocycles. The van der Waals surface area contributed by atoms with Crippen molar-refractivity contribution in [2.45, 2.75) is 4.90 Å². The number of sulfonamides is 1. The van der Waals surface area contributed by atoms with Gasteiger partial charge in [-0.05, 0) is 66.7 Å². The molecule has 31 heavy (non-hydrogen) atoms. The van der Waals surface area contributed by atoms with Crippen LogP contribution in [0.4, 0.5) is 10.1 Å². The van der Waals surface area contributed by atoms with Crippen LogP contribution in [-0.4, -0.2) is 26.7 Å². The summed E-state index contributed by atoms with van der Waals surface area (Å²) in [6.07, 6.45) is 0. The summed E-state index contributed by atoms with van der Waals surface area (Å²) in [5.41, 5.74) is 0.546. The second-order valence-electron chi connectivity index (χ2n) is 6.38. The maximum Gasteiger partial charge on any atom is 0.262 e. The van der Waals surface area contributed by atoms with Gasteiger partial charge in [0.1, 0.15) is 11.6 Å². The van der Waals surface area contributed by atoms with Gasteiger partial charge in [-0.2, -0.15) is 0 Å². The van der Waals surface area contributed by atoms with Gasteiger partial charge in [0.15, 0.2) is 12.4 Å². The normalized spacial score (nSPS) is 11.1. The van der Waals surface area contributed by atoms with E-state index in [1.807, 2.05) is 0 Å². The molecule has 1 amide bonds. The average molecular weight is 463 g/mol. The highest BCUT2D eigenvalue weighted by Gasteiger charge is 2.17. The summed E-state index contributed by atoms with van der Waals surface area (Å²) in [4.78, 5) is 24.8. The molecular formula is C21H16ClFN2O5S. The average Bonchev–Trinajstić information content (AvgIpc) is 2.72. The first-order chi connectivity index (χ1) is 14.6. The van der Waals surface area contributed by atoms with E-state index >= 15 is 0 Å². The molecule has 0 aliphatic rings. The molecule has 0 heterocycles. The first-order valence-corrected chi connectivity index (χ1v) is 10.7. The summed E-state index contributed by atoms with van der Waals surface area (Å²) in [5.74, 6) is -1.67. The van der Waals surface area contributed by atoms with Crippen LogP contribution in [0.5, 0.6) is 5.75 Å². The number of carbonyl (C=O) groups excluding carboxylic acids is 2. The Morgan fingerprint density at radius 2 is 1.65 bits per heavy atom. The maximum atomic E-state index is 13.7. The van der Waals surface area contributed by atoms with Crippen molar-refractivity contribution in [1.29, 1.82) is 0 Å². The number of ketones is 1. The number of ether oxygens (including phenoxy) is 1. The molecule has 0 aromatic heterocycles. The summed E-state index contributed by atoms with van der Waals surface area (Å²) in [7, 11) is -3.84. The van der Waals surface area contributed by atoms with E-state index in [0.29, 0.717) is 10.7 Å². The number of nitrogens with two attached hydrogens (primary N) is 1. The van der Waals surface area contributed by atoms with E-state index in [4.69, 9.17) is 21.5 Å². The zero-order chi connectivity index (χ0) is 22.6. The molecular weight excluding hydrogens is 447 g/mol. The number of benzene rings is 3. The van der Waals surface area contributed by atoms with Gasteiger partial charge in [0.25, 0.3) is 5.91 Å². The molecule has 7 nitrogen and oxygen atoms in total. The van der Waals surface area contributed by atoms with E-state index in [9.17, 15) is 22.4 Å². The van der Waals surface area contributed by atoms with Gasteiger partial charge in [0, 0.05) is 16.3 Å². The second kappa shape index (κ2) is 9.25. The molecule has 3 aromatic carbocycles. The molecule has 0 atom stereocenters. The summed E-state index contributed by atoms with van der Waals surface area (Å²) in [6, 6.07) is 14.7. The van der Waals surface area contributed by atoms with E-state index in [2.05, 4.69) is 5.32 Å². The number of hydrogen-bond donors (Lipinski definition) is 2. The molecule has 0 saturated heterocycles. The SMILES string of the molecule is NS(=O)(=O)c1ccc(NC(=O)COc2ccc(F)cc2C(=O)c2ccc(Cl)cc2)cc1. The number of anilines is 1. The summed E-state index contributed by atoms with van der Waals surface area (Å²) in [5, 5.41) is 7.98. The maximum absolute atomic E-state index is 13.7. The highest BCUT2D eigenvalue weighted by atomic mass is 35.5. The lowest BCUT2D eigenvalue weighted by Crippen LogP contribution is -2.21. The van der Waals surface area contributed by atoms with Crippen molar-refractivity contribution >= 4 is 39.0 Å². The number of carbonyl (C=O) groups is 2. The first-order valence-electron chi connectivity index (χ1n) is 8.79.